The Morgan fingerprint density at radius 1 is 0.917 bits per heavy atom. The first-order chi connectivity index (χ1) is 22.7. The van der Waals surface area contributed by atoms with Gasteiger partial charge in [-0.05, 0) is 62.9 Å². The summed E-state index contributed by atoms with van der Waals surface area (Å²) in [6, 6.07) is 14.8. The molecule has 0 radical (unpaired) electrons. The van der Waals surface area contributed by atoms with Crippen molar-refractivity contribution in [3.8, 4) is 17.2 Å². The van der Waals surface area contributed by atoms with Crippen molar-refractivity contribution in [1.29, 1.82) is 0 Å². The molecule has 0 aromatic heterocycles. The molecular formula is C36H46ClF3N2O6. The van der Waals surface area contributed by atoms with Crippen LogP contribution in [0.5, 0.6) is 17.2 Å². The molecule has 1 aliphatic heterocycles. The van der Waals surface area contributed by atoms with E-state index in [0.717, 1.165) is 5.56 Å². The summed E-state index contributed by atoms with van der Waals surface area (Å²) in [5, 5.41) is 3.72. The van der Waals surface area contributed by atoms with Crippen molar-refractivity contribution in [1.82, 2.24) is 0 Å². The van der Waals surface area contributed by atoms with Gasteiger partial charge in [0.15, 0.2) is 0 Å². The van der Waals surface area contributed by atoms with Crippen molar-refractivity contribution in [2.45, 2.75) is 85.7 Å². The molecule has 0 saturated heterocycles. The van der Waals surface area contributed by atoms with E-state index < -0.39 is 29.7 Å². The van der Waals surface area contributed by atoms with Gasteiger partial charge in [0, 0.05) is 47.9 Å². The zero-order valence-electron chi connectivity index (χ0n) is 28.8. The molecule has 264 valence electrons. The number of fused-ring (bicyclic) bond motifs is 1. The third-order valence-electron chi connectivity index (χ3n) is 6.54. The molecule has 0 bridgehead atoms. The molecule has 0 aliphatic carbocycles. The fourth-order valence-electron chi connectivity index (χ4n) is 4.71. The molecule has 0 fully saturated rings. The van der Waals surface area contributed by atoms with Crippen LogP contribution in [0.3, 0.4) is 0 Å². The Morgan fingerprint density at radius 2 is 1.56 bits per heavy atom. The van der Waals surface area contributed by atoms with E-state index in [1.54, 1.807) is 63.2 Å². The lowest BCUT2D eigenvalue weighted by Crippen LogP contribution is -2.37. The molecule has 1 N–H and O–H groups in total. The summed E-state index contributed by atoms with van der Waals surface area (Å²) >= 11 is 6.11. The van der Waals surface area contributed by atoms with Crippen LogP contribution in [-0.4, -0.2) is 44.1 Å². The van der Waals surface area contributed by atoms with Crippen LogP contribution < -0.4 is 24.4 Å². The van der Waals surface area contributed by atoms with Gasteiger partial charge in [0.2, 0.25) is 0 Å². The van der Waals surface area contributed by atoms with Crippen molar-refractivity contribution in [2.75, 3.05) is 30.5 Å². The zero-order chi connectivity index (χ0) is 36.1. The highest BCUT2D eigenvalue weighted by Gasteiger charge is 2.34. The van der Waals surface area contributed by atoms with E-state index in [1.807, 2.05) is 27.7 Å². The first-order valence-corrected chi connectivity index (χ1v) is 16.3. The molecule has 3 aromatic rings. The van der Waals surface area contributed by atoms with Crippen LogP contribution in [0.15, 0.2) is 60.7 Å². The number of hydrogen-bond acceptors (Lipinski definition) is 7. The second-order valence-corrected chi connectivity index (χ2v) is 11.6. The molecule has 12 heteroatoms. The van der Waals surface area contributed by atoms with Gasteiger partial charge < -0.3 is 29.2 Å². The number of carbonyl (C=O) groups excluding carboxylic acids is 2. The Balaban J connectivity index is 0.00000193. The Bertz CT molecular complexity index is 1480. The predicted molar refractivity (Wildman–Crippen MR) is 183 cm³/mol. The number of carbonyl (C=O) groups is 2. The Labute approximate surface area is 286 Å². The molecule has 3 aromatic carbocycles. The molecule has 4 rings (SSSR count). The van der Waals surface area contributed by atoms with E-state index in [4.69, 9.17) is 25.8 Å². The summed E-state index contributed by atoms with van der Waals surface area (Å²) in [5.41, 5.74) is 1.58. The minimum absolute atomic E-state index is 0.187. The van der Waals surface area contributed by atoms with Crippen LogP contribution in [0, 0.1) is 0 Å². The zero-order valence-corrected chi connectivity index (χ0v) is 29.6. The molecule has 1 aliphatic rings. The van der Waals surface area contributed by atoms with Gasteiger partial charge in [0.1, 0.15) is 28.9 Å². The average molecular weight is 695 g/mol. The van der Waals surface area contributed by atoms with Crippen LogP contribution in [0.4, 0.5) is 24.5 Å². The fourth-order valence-corrected chi connectivity index (χ4v) is 4.83. The lowest BCUT2D eigenvalue weighted by atomic mass is 10.0. The second-order valence-electron chi connectivity index (χ2n) is 11.1. The Kier molecular flexibility index (Phi) is 15.4. The normalized spacial score (nSPS) is 12.7. The van der Waals surface area contributed by atoms with E-state index in [-0.39, 0.29) is 25.5 Å². The van der Waals surface area contributed by atoms with Gasteiger partial charge in [-0.3, -0.25) is 9.59 Å². The van der Waals surface area contributed by atoms with Gasteiger partial charge in [-0.1, -0.05) is 57.5 Å². The maximum absolute atomic E-state index is 14.1. The molecule has 1 heterocycles. The quantitative estimate of drug-likeness (QED) is 0.158. The van der Waals surface area contributed by atoms with Crippen molar-refractivity contribution in [2.24, 2.45) is 0 Å². The molecule has 8 nitrogen and oxygen atoms in total. The van der Waals surface area contributed by atoms with E-state index in [1.165, 1.54) is 30.2 Å². The van der Waals surface area contributed by atoms with Gasteiger partial charge in [-0.25, -0.2) is 0 Å². The molecule has 0 spiro atoms. The minimum Gasteiger partial charge on any atom is -0.497 e. The van der Waals surface area contributed by atoms with Crippen molar-refractivity contribution < 1.29 is 41.7 Å². The van der Waals surface area contributed by atoms with Crippen LogP contribution >= 0.6 is 11.6 Å². The van der Waals surface area contributed by atoms with Gasteiger partial charge in [-0.15, -0.1) is 13.2 Å². The second kappa shape index (κ2) is 18.4. The molecule has 1 atom stereocenters. The lowest BCUT2D eigenvalue weighted by Gasteiger charge is -2.26. The average Bonchev–Trinajstić information content (AvgIpc) is 3.45. The number of ether oxygens (including phenoxy) is 4. The van der Waals surface area contributed by atoms with Crippen LogP contribution in [-0.2, 0) is 20.7 Å². The fraction of sp³-hybridized carbons (Fsp3) is 0.444. The molecular weight excluding hydrogens is 649 g/mol. The number of esters is 1. The Hall–Kier alpha value is -4.12. The summed E-state index contributed by atoms with van der Waals surface area (Å²) in [5.74, 6) is -0.219. The standard InChI is InChI=1S/C32H34ClF3N2O6.2C2H6/c1-31(2,3)44-28(39)6-5-15-42-26-17-23(16-25(18-26)41-4)37-29(21-7-10-22(33)11-8-21)30(40)38-14-13-20-9-12-24(19-27(20)38)43-32(34,35)36;2*1-2/h7-12,16-19,29,37H,5-6,13-15H2,1-4H3;2*1-2H3. The summed E-state index contributed by atoms with van der Waals surface area (Å²) in [7, 11) is 1.50. The number of nitrogens with one attached hydrogen (secondary N) is 1. The highest BCUT2D eigenvalue weighted by molar-refractivity contribution is 6.30. The van der Waals surface area contributed by atoms with E-state index in [0.29, 0.717) is 46.3 Å². The van der Waals surface area contributed by atoms with Gasteiger partial charge in [0.25, 0.3) is 5.91 Å². The SMILES string of the molecule is CC.CC.COc1cc(NC(C(=O)N2CCc3ccc(OC(F)(F)F)cc32)c2ccc(Cl)cc2)cc(OCCCC(=O)OC(C)(C)C)c1. The van der Waals surface area contributed by atoms with Gasteiger partial charge in [0.05, 0.1) is 19.4 Å². The van der Waals surface area contributed by atoms with Gasteiger partial charge in [-0.2, -0.15) is 0 Å². The predicted octanol–water partition coefficient (Wildman–Crippen LogP) is 9.54. The smallest absolute Gasteiger partial charge is 0.497 e. The monoisotopic (exact) mass is 694 g/mol. The number of nitrogens with zero attached hydrogens (tertiary/aromatic N) is 1. The number of halogens is 4. The third kappa shape index (κ3) is 12.5. The third-order valence-corrected chi connectivity index (χ3v) is 6.79. The molecule has 1 unspecified atom stereocenters. The van der Waals surface area contributed by atoms with E-state index in [2.05, 4.69) is 10.1 Å². The van der Waals surface area contributed by atoms with Crippen molar-refractivity contribution in [3.63, 3.8) is 0 Å². The number of amides is 1. The first-order valence-electron chi connectivity index (χ1n) is 16.0. The number of alkyl halides is 3. The summed E-state index contributed by atoms with van der Waals surface area (Å²) in [6.07, 6.45) is -3.78. The highest BCUT2D eigenvalue weighted by atomic mass is 35.5. The first kappa shape index (κ1) is 40.1. The maximum atomic E-state index is 14.1. The number of benzene rings is 3. The van der Waals surface area contributed by atoms with E-state index >= 15 is 0 Å². The number of rotatable bonds is 11. The molecule has 1 amide bonds. The molecule has 48 heavy (non-hydrogen) atoms. The van der Waals surface area contributed by atoms with Crippen LogP contribution in [0.25, 0.3) is 0 Å². The number of methoxy groups -OCH3 is 1. The lowest BCUT2D eigenvalue weighted by molar-refractivity contribution is -0.274. The summed E-state index contributed by atoms with van der Waals surface area (Å²) in [6.45, 7) is 13.9. The largest absolute Gasteiger partial charge is 0.573 e. The Morgan fingerprint density at radius 3 is 2.17 bits per heavy atom. The topological polar surface area (TPSA) is 86.3 Å². The van der Waals surface area contributed by atoms with Crippen molar-refractivity contribution >= 4 is 34.9 Å². The summed E-state index contributed by atoms with van der Waals surface area (Å²) < 4.78 is 59.4. The van der Waals surface area contributed by atoms with Crippen LogP contribution in [0.1, 0.15) is 78.5 Å². The van der Waals surface area contributed by atoms with Crippen LogP contribution in [0.2, 0.25) is 5.02 Å². The molecule has 0 saturated carbocycles. The van der Waals surface area contributed by atoms with E-state index in [9.17, 15) is 22.8 Å². The maximum Gasteiger partial charge on any atom is 0.573 e. The van der Waals surface area contributed by atoms with Crippen molar-refractivity contribution in [3.05, 3.63) is 76.8 Å². The van der Waals surface area contributed by atoms with Gasteiger partial charge >= 0.3 is 12.3 Å². The number of hydrogen-bond donors (Lipinski definition) is 1. The number of anilines is 2. The highest BCUT2D eigenvalue weighted by Crippen LogP contribution is 2.37. The summed E-state index contributed by atoms with van der Waals surface area (Å²) in [4.78, 5) is 27.5. The minimum atomic E-state index is -4.86.